The minimum atomic E-state index is -1.33. The lowest BCUT2D eigenvalue weighted by Gasteiger charge is -2.41. The third-order valence-electron chi connectivity index (χ3n) is 4.87. The van der Waals surface area contributed by atoms with Crippen LogP contribution < -0.4 is 9.19 Å². The van der Waals surface area contributed by atoms with Crippen molar-refractivity contribution in [3.8, 4) is 5.75 Å². The van der Waals surface area contributed by atoms with Gasteiger partial charge in [-0.25, -0.2) is 0 Å². The molecule has 142 valence electrons. The van der Waals surface area contributed by atoms with Crippen LogP contribution in [-0.2, 0) is 6.54 Å². The first-order valence-corrected chi connectivity index (χ1v) is 10.4. The van der Waals surface area contributed by atoms with Crippen molar-refractivity contribution >= 4 is 20.0 Å². The second-order valence-electron chi connectivity index (χ2n) is 7.00. The molecule has 3 aromatic carbocycles. The molecule has 4 nitrogen and oxygen atoms in total. The van der Waals surface area contributed by atoms with Gasteiger partial charge in [-0.1, -0.05) is 60.2 Å². The summed E-state index contributed by atoms with van der Waals surface area (Å²) >= 11 is 0. The number of para-hydroxylation sites is 1. The fourth-order valence-electron chi connectivity index (χ4n) is 3.40. The highest BCUT2D eigenvalue weighted by Crippen LogP contribution is 2.53. The number of carbonyl (C=O) groups is 1. The highest BCUT2D eigenvalue weighted by molar-refractivity contribution is 7.53. The minimum absolute atomic E-state index is 0.00780. The Bertz CT molecular complexity index is 1010. The largest absolute Gasteiger partial charge is 0.436 e. The Morgan fingerprint density at radius 1 is 0.929 bits per heavy atom. The number of benzene rings is 3. The molecule has 1 unspecified atom stereocenters. The highest BCUT2D eigenvalue weighted by Gasteiger charge is 2.39. The van der Waals surface area contributed by atoms with Crippen LogP contribution >= 0.6 is 8.45 Å². The lowest BCUT2D eigenvalue weighted by Crippen LogP contribution is -2.38. The summed E-state index contributed by atoms with van der Waals surface area (Å²) in [6.07, 6.45) is 0. The normalized spacial score (nSPS) is 16.1. The predicted molar refractivity (Wildman–Crippen MR) is 115 cm³/mol. The molecule has 0 N–H and O–H groups in total. The maximum Gasteiger partial charge on any atom is 0.312 e. The molecule has 0 saturated heterocycles. The lowest BCUT2D eigenvalue weighted by atomic mass is 10.1. The van der Waals surface area contributed by atoms with E-state index >= 15 is 0 Å². The standard InChI is InChI=1S/C23H23N2O2P/c1-17-13-14-22(18(2)15-17)27-28-24(3)21-12-8-7-11-20(21)23(26)25(28)16-19-9-5-4-6-10-19/h4-15H,16H2,1-3H3. The number of hydrogen-bond donors (Lipinski definition) is 0. The molecular formula is C23H23N2O2P. The van der Waals surface area contributed by atoms with Gasteiger partial charge in [-0.3, -0.25) is 9.46 Å². The summed E-state index contributed by atoms with van der Waals surface area (Å²) in [6.45, 7) is 4.62. The van der Waals surface area contributed by atoms with Crippen molar-refractivity contribution in [2.75, 3.05) is 11.7 Å². The zero-order valence-corrected chi connectivity index (χ0v) is 17.2. The number of fused-ring (bicyclic) bond motifs is 1. The van der Waals surface area contributed by atoms with E-state index in [0.717, 1.165) is 22.6 Å². The first-order valence-electron chi connectivity index (χ1n) is 9.28. The number of carbonyl (C=O) groups excluding carboxylic acids is 1. The molecule has 0 aromatic heterocycles. The number of amides is 1. The molecular weight excluding hydrogens is 367 g/mol. The predicted octanol–water partition coefficient (Wildman–Crippen LogP) is 5.70. The molecule has 4 rings (SSSR count). The molecule has 1 amide bonds. The zero-order chi connectivity index (χ0) is 19.7. The van der Waals surface area contributed by atoms with Gasteiger partial charge in [0.15, 0.2) is 0 Å². The maximum absolute atomic E-state index is 13.3. The molecule has 0 radical (unpaired) electrons. The van der Waals surface area contributed by atoms with Gasteiger partial charge < -0.3 is 9.19 Å². The lowest BCUT2D eigenvalue weighted by molar-refractivity contribution is 0.0847. The van der Waals surface area contributed by atoms with Gasteiger partial charge in [-0.15, -0.1) is 0 Å². The number of rotatable bonds is 4. The fourth-order valence-corrected chi connectivity index (χ4v) is 5.23. The van der Waals surface area contributed by atoms with E-state index < -0.39 is 8.45 Å². The molecule has 3 aromatic rings. The van der Waals surface area contributed by atoms with Crippen molar-refractivity contribution in [3.63, 3.8) is 0 Å². The average Bonchev–Trinajstić information content (AvgIpc) is 2.71. The van der Waals surface area contributed by atoms with E-state index in [1.54, 1.807) is 0 Å². The molecule has 0 fully saturated rings. The number of nitrogens with zero attached hydrogens (tertiary/aromatic N) is 2. The second kappa shape index (κ2) is 7.65. The summed E-state index contributed by atoms with van der Waals surface area (Å²) in [4.78, 5) is 13.3. The summed E-state index contributed by atoms with van der Waals surface area (Å²) in [5, 5.41) is 0. The van der Waals surface area contributed by atoms with Gasteiger partial charge in [0, 0.05) is 7.05 Å². The van der Waals surface area contributed by atoms with Crippen LogP contribution in [0.3, 0.4) is 0 Å². The molecule has 1 aliphatic rings. The Labute approximate surface area is 167 Å². The van der Waals surface area contributed by atoms with Gasteiger partial charge in [0.2, 0.25) is 0 Å². The Hall–Kier alpha value is -2.84. The summed E-state index contributed by atoms with van der Waals surface area (Å²) < 4.78 is 10.4. The highest BCUT2D eigenvalue weighted by atomic mass is 31.2. The third kappa shape index (κ3) is 3.48. The first kappa shape index (κ1) is 18.5. The molecule has 0 saturated carbocycles. The average molecular weight is 390 g/mol. The summed E-state index contributed by atoms with van der Waals surface area (Å²) in [5.74, 6) is 0.822. The van der Waals surface area contributed by atoms with E-state index in [1.807, 2.05) is 85.4 Å². The van der Waals surface area contributed by atoms with Crippen LogP contribution in [0.2, 0.25) is 0 Å². The molecule has 1 heterocycles. The van der Waals surface area contributed by atoms with E-state index in [-0.39, 0.29) is 5.91 Å². The number of hydrogen-bond acceptors (Lipinski definition) is 3. The Morgan fingerprint density at radius 3 is 2.39 bits per heavy atom. The van der Waals surface area contributed by atoms with Gasteiger partial charge in [0.05, 0.1) is 17.8 Å². The maximum atomic E-state index is 13.3. The van der Waals surface area contributed by atoms with Crippen molar-refractivity contribution in [1.82, 2.24) is 4.67 Å². The van der Waals surface area contributed by atoms with Gasteiger partial charge in [-0.2, -0.15) is 0 Å². The van der Waals surface area contributed by atoms with Gasteiger partial charge in [-0.05, 0) is 43.2 Å². The van der Waals surface area contributed by atoms with E-state index in [4.69, 9.17) is 4.52 Å². The van der Waals surface area contributed by atoms with E-state index in [9.17, 15) is 4.79 Å². The molecule has 28 heavy (non-hydrogen) atoms. The van der Waals surface area contributed by atoms with E-state index in [0.29, 0.717) is 12.1 Å². The van der Waals surface area contributed by atoms with Gasteiger partial charge in [0.1, 0.15) is 5.75 Å². The van der Waals surface area contributed by atoms with Crippen LogP contribution in [0, 0.1) is 13.8 Å². The Kier molecular flexibility index (Phi) is 5.06. The molecule has 5 heteroatoms. The topological polar surface area (TPSA) is 32.8 Å². The summed E-state index contributed by atoms with van der Waals surface area (Å²) in [7, 11) is 0.668. The van der Waals surface area contributed by atoms with Gasteiger partial charge in [0.25, 0.3) is 5.91 Å². The molecule has 1 atom stereocenters. The number of aryl methyl sites for hydroxylation is 2. The molecule has 0 bridgehead atoms. The second-order valence-corrected chi connectivity index (χ2v) is 8.77. The molecule has 1 aliphatic heterocycles. The van der Waals surface area contributed by atoms with E-state index in [2.05, 4.69) is 17.7 Å². The fraction of sp³-hybridized carbons (Fsp3) is 0.174. The van der Waals surface area contributed by atoms with Crippen molar-refractivity contribution in [2.24, 2.45) is 0 Å². The minimum Gasteiger partial charge on any atom is -0.436 e. The van der Waals surface area contributed by atoms with Crippen LogP contribution in [0.1, 0.15) is 27.0 Å². The molecule has 0 spiro atoms. The van der Waals surface area contributed by atoms with Crippen molar-refractivity contribution < 1.29 is 9.32 Å². The van der Waals surface area contributed by atoms with Gasteiger partial charge >= 0.3 is 8.45 Å². The van der Waals surface area contributed by atoms with Crippen LogP contribution in [0.4, 0.5) is 5.69 Å². The van der Waals surface area contributed by atoms with Crippen LogP contribution in [0.5, 0.6) is 5.75 Å². The number of anilines is 1. The Morgan fingerprint density at radius 2 is 1.64 bits per heavy atom. The summed E-state index contributed by atoms with van der Waals surface area (Å²) in [6, 6.07) is 23.9. The Balaban J connectivity index is 1.74. The van der Waals surface area contributed by atoms with Crippen LogP contribution in [0.25, 0.3) is 0 Å². The van der Waals surface area contributed by atoms with Crippen molar-refractivity contribution in [2.45, 2.75) is 20.4 Å². The monoisotopic (exact) mass is 390 g/mol. The van der Waals surface area contributed by atoms with Crippen molar-refractivity contribution in [3.05, 3.63) is 95.1 Å². The SMILES string of the molecule is Cc1ccc(OP2N(Cc3ccccc3)C(=O)c3ccccc3N2C)c(C)c1. The molecule has 0 aliphatic carbocycles. The quantitative estimate of drug-likeness (QED) is 0.536. The third-order valence-corrected chi connectivity index (χ3v) is 6.69. The van der Waals surface area contributed by atoms with Crippen molar-refractivity contribution in [1.29, 1.82) is 0 Å². The van der Waals surface area contributed by atoms with Crippen LogP contribution in [0.15, 0.2) is 72.8 Å². The van der Waals surface area contributed by atoms with E-state index in [1.165, 1.54) is 5.56 Å². The smallest absolute Gasteiger partial charge is 0.312 e. The van der Waals surface area contributed by atoms with Crippen LogP contribution in [-0.4, -0.2) is 17.6 Å². The summed E-state index contributed by atoms with van der Waals surface area (Å²) in [5.41, 5.74) is 4.97. The zero-order valence-electron chi connectivity index (χ0n) is 16.3. The first-order chi connectivity index (χ1) is 13.5.